The molecule has 2 N–H and O–H groups in total. The molecule has 1 aliphatic carbocycles. The summed E-state index contributed by atoms with van der Waals surface area (Å²) < 4.78 is 0.924. The highest BCUT2D eigenvalue weighted by Gasteiger charge is 2.34. The van der Waals surface area contributed by atoms with Gasteiger partial charge in [0, 0.05) is 16.6 Å². The molecular weight excluding hydrogens is 282 g/mol. The highest BCUT2D eigenvalue weighted by atomic mass is 79.9. The number of benzene rings is 1. The molecule has 2 rings (SSSR count). The lowest BCUT2D eigenvalue weighted by molar-refractivity contribution is -0.0300. The molecule has 0 radical (unpaired) electrons. The van der Waals surface area contributed by atoms with Crippen LogP contribution in [0.4, 0.5) is 0 Å². The maximum atomic E-state index is 11.9. The predicted octanol–water partition coefficient (Wildman–Crippen LogP) is 2.40. The zero-order valence-electron chi connectivity index (χ0n) is 9.79. The number of nitrogens with one attached hydrogen (secondary N) is 1. The summed E-state index contributed by atoms with van der Waals surface area (Å²) >= 11 is 3.40. The van der Waals surface area contributed by atoms with E-state index in [1.807, 2.05) is 13.0 Å². The van der Waals surface area contributed by atoms with E-state index in [9.17, 15) is 9.90 Å². The lowest BCUT2D eigenvalue weighted by Gasteiger charge is -2.36. The molecule has 92 valence electrons. The Kier molecular flexibility index (Phi) is 3.54. The zero-order chi connectivity index (χ0) is 12.5. The molecule has 1 amide bonds. The van der Waals surface area contributed by atoms with Crippen LogP contribution in [0.1, 0.15) is 35.2 Å². The predicted molar refractivity (Wildman–Crippen MR) is 70.0 cm³/mol. The van der Waals surface area contributed by atoms with Gasteiger partial charge in [0.1, 0.15) is 0 Å². The summed E-state index contributed by atoms with van der Waals surface area (Å²) in [7, 11) is 0. The molecule has 17 heavy (non-hydrogen) atoms. The molecule has 0 heterocycles. The fourth-order valence-electron chi connectivity index (χ4n) is 1.84. The van der Waals surface area contributed by atoms with E-state index < -0.39 is 5.60 Å². The molecule has 0 atom stereocenters. The van der Waals surface area contributed by atoms with Gasteiger partial charge in [0.15, 0.2) is 0 Å². The van der Waals surface area contributed by atoms with Crippen molar-refractivity contribution in [2.75, 3.05) is 6.54 Å². The average molecular weight is 298 g/mol. The lowest BCUT2D eigenvalue weighted by atomic mass is 9.80. The van der Waals surface area contributed by atoms with Crippen LogP contribution in [0, 0.1) is 6.92 Å². The number of rotatable bonds is 3. The minimum absolute atomic E-state index is 0.133. The summed E-state index contributed by atoms with van der Waals surface area (Å²) in [6.45, 7) is 2.32. The monoisotopic (exact) mass is 297 g/mol. The van der Waals surface area contributed by atoms with Crippen LogP contribution < -0.4 is 5.32 Å². The molecule has 1 aromatic carbocycles. The van der Waals surface area contributed by atoms with Crippen molar-refractivity contribution in [3.8, 4) is 0 Å². The highest BCUT2D eigenvalue weighted by Crippen LogP contribution is 2.30. The number of hydrogen-bond donors (Lipinski definition) is 2. The summed E-state index contributed by atoms with van der Waals surface area (Å²) in [4.78, 5) is 11.9. The van der Waals surface area contributed by atoms with Gasteiger partial charge in [-0.2, -0.15) is 0 Å². The molecule has 3 nitrogen and oxygen atoms in total. The molecule has 1 aliphatic rings. The van der Waals surface area contributed by atoms with Crippen LogP contribution in [0.15, 0.2) is 22.7 Å². The van der Waals surface area contributed by atoms with Crippen LogP contribution in [0.2, 0.25) is 0 Å². The number of carbonyl (C=O) groups excluding carboxylic acids is 1. The van der Waals surface area contributed by atoms with Gasteiger partial charge < -0.3 is 10.4 Å². The molecule has 0 aliphatic heterocycles. The molecule has 0 bridgehead atoms. The van der Waals surface area contributed by atoms with Crippen molar-refractivity contribution in [2.24, 2.45) is 0 Å². The molecule has 1 fully saturated rings. The summed E-state index contributed by atoms with van der Waals surface area (Å²) in [6.07, 6.45) is 2.61. The molecule has 0 saturated heterocycles. The Hall–Kier alpha value is -0.870. The summed E-state index contributed by atoms with van der Waals surface area (Å²) in [6, 6.07) is 5.49. The maximum absolute atomic E-state index is 11.9. The van der Waals surface area contributed by atoms with E-state index in [4.69, 9.17) is 0 Å². The van der Waals surface area contributed by atoms with Gasteiger partial charge in [0.05, 0.1) is 5.60 Å². The van der Waals surface area contributed by atoms with Crippen molar-refractivity contribution >= 4 is 21.8 Å². The second-order valence-electron chi connectivity index (χ2n) is 4.72. The first-order chi connectivity index (χ1) is 8.00. The minimum Gasteiger partial charge on any atom is -0.388 e. The first-order valence-electron chi connectivity index (χ1n) is 5.77. The van der Waals surface area contributed by atoms with Crippen LogP contribution in [-0.4, -0.2) is 23.2 Å². The molecule has 0 aromatic heterocycles. The summed E-state index contributed by atoms with van der Waals surface area (Å²) in [5.41, 5.74) is 1.04. The third-order valence-electron chi connectivity index (χ3n) is 3.30. The Labute approximate surface area is 109 Å². The molecule has 4 heteroatoms. The van der Waals surface area contributed by atoms with Gasteiger partial charge in [-0.15, -0.1) is 0 Å². The van der Waals surface area contributed by atoms with Gasteiger partial charge in [-0.05, 0) is 43.9 Å². The van der Waals surface area contributed by atoms with E-state index in [1.165, 1.54) is 0 Å². The standard InChI is InChI=1S/C13H16BrNO2/c1-9-3-4-10(7-11(9)14)12(16)15-8-13(17)5-2-6-13/h3-4,7,17H,2,5-6,8H2,1H3,(H,15,16). The summed E-state index contributed by atoms with van der Waals surface area (Å²) in [5.74, 6) is -0.133. The van der Waals surface area contributed by atoms with Gasteiger partial charge in [0.2, 0.25) is 0 Å². The lowest BCUT2D eigenvalue weighted by Crippen LogP contribution is -2.47. The van der Waals surface area contributed by atoms with Gasteiger partial charge in [-0.25, -0.2) is 0 Å². The first kappa shape index (κ1) is 12.6. The van der Waals surface area contributed by atoms with Gasteiger partial charge in [0.25, 0.3) is 5.91 Å². The van der Waals surface area contributed by atoms with Crippen molar-refractivity contribution in [3.05, 3.63) is 33.8 Å². The quantitative estimate of drug-likeness (QED) is 0.900. The molecular formula is C13H16BrNO2. The van der Waals surface area contributed by atoms with E-state index in [-0.39, 0.29) is 5.91 Å². The first-order valence-corrected chi connectivity index (χ1v) is 6.56. The third kappa shape index (κ3) is 2.87. The number of carbonyl (C=O) groups is 1. The topological polar surface area (TPSA) is 49.3 Å². The second-order valence-corrected chi connectivity index (χ2v) is 5.58. The van der Waals surface area contributed by atoms with Gasteiger partial charge in [-0.1, -0.05) is 22.0 Å². The highest BCUT2D eigenvalue weighted by molar-refractivity contribution is 9.10. The van der Waals surface area contributed by atoms with E-state index >= 15 is 0 Å². The Morgan fingerprint density at radius 3 is 2.76 bits per heavy atom. The molecule has 1 aromatic rings. The Bertz CT molecular complexity index is 441. The van der Waals surface area contributed by atoms with E-state index in [0.717, 1.165) is 29.3 Å². The fraction of sp³-hybridized carbons (Fsp3) is 0.462. The number of amides is 1. The van der Waals surface area contributed by atoms with Crippen molar-refractivity contribution in [1.29, 1.82) is 0 Å². The van der Waals surface area contributed by atoms with Gasteiger partial charge >= 0.3 is 0 Å². The maximum Gasteiger partial charge on any atom is 0.251 e. The van der Waals surface area contributed by atoms with Gasteiger partial charge in [-0.3, -0.25) is 4.79 Å². The number of halogens is 1. The second kappa shape index (κ2) is 4.78. The van der Waals surface area contributed by atoms with Crippen LogP contribution in [0.5, 0.6) is 0 Å². The fourth-order valence-corrected chi connectivity index (χ4v) is 2.22. The number of aryl methyl sites for hydroxylation is 1. The summed E-state index contributed by atoms with van der Waals surface area (Å²) in [5, 5.41) is 12.7. The SMILES string of the molecule is Cc1ccc(C(=O)NCC2(O)CCC2)cc1Br. The van der Waals surface area contributed by atoms with E-state index in [2.05, 4.69) is 21.2 Å². The number of aliphatic hydroxyl groups is 1. The average Bonchev–Trinajstić information content (AvgIpc) is 2.27. The largest absolute Gasteiger partial charge is 0.388 e. The normalized spacial score (nSPS) is 17.4. The minimum atomic E-state index is -0.669. The number of hydrogen-bond acceptors (Lipinski definition) is 2. The van der Waals surface area contributed by atoms with Crippen LogP contribution >= 0.6 is 15.9 Å². The van der Waals surface area contributed by atoms with Crippen LogP contribution in [0.25, 0.3) is 0 Å². The van der Waals surface area contributed by atoms with Crippen LogP contribution in [0.3, 0.4) is 0 Å². The van der Waals surface area contributed by atoms with E-state index in [1.54, 1.807) is 12.1 Å². The smallest absolute Gasteiger partial charge is 0.251 e. The van der Waals surface area contributed by atoms with E-state index in [0.29, 0.717) is 12.1 Å². The Morgan fingerprint density at radius 1 is 1.53 bits per heavy atom. The molecule has 0 unspecified atom stereocenters. The van der Waals surface area contributed by atoms with Crippen molar-refractivity contribution in [1.82, 2.24) is 5.32 Å². The molecule has 0 spiro atoms. The Balaban J connectivity index is 1.97. The van der Waals surface area contributed by atoms with Crippen molar-refractivity contribution in [3.63, 3.8) is 0 Å². The molecule has 1 saturated carbocycles. The van der Waals surface area contributed by atoms with Crippen molar-refractivity contribution in [2.45, 2.75) is 31.8 Å². The Morgan fingerprint density at radius 2 is 2.24 bits per heavy atom. The van der Waals surface area contributed by atoms with Crippen molar-refractivity contribution < 1.29 is 9.90 Å². The third-order valence-corrected chi connectivity index (χ3v) is 4.15. The van der Waals surface area contributed by atoms with Crippen LogP contribution in [-0.2, 0) is 0 Å². The zero-order valence-corrected chi connectivity index (χ0v) is 11.4.